The number of rotatable bonds is 7. The summed E-state index contributed by atoms with van der Waals surface area (Å²) in [6, 6.07) is 8.23. The van der Waals surface area contributed by atoms with Gasteiger partial charge in [-0.05, 0) is 37.5 Å². The molecule has 1 N–H and O–H groups in total. The molecule has 102 valence electrons. The molecule has 0 aliphatic rings. The van der Waals surface area contributed by atoms with Crippen LogP contribution in [0.4, 0.5) is 0 Å². The quantitative estimate of drug-likeness (QED) is 0.845. The molecule has 0 bridgehead atoms. The topological polar surface area (TPSA) is 47.0 Å². The number of benzene rings is 1. The Hall–Kier alpha value is -1.46. The summed E-state index contributed by atoms with van der Waals surface area (Å²) in [6.45, 7) is 5.77. The fourth-order valence-corrected chi connectivity index (χ4v) is 2.56. The zero-order valence-electron chi connectivity index (χ0n) is 11.3. The van der Waals surface area contributed by atoms with Gasteiger partial charge in [-0.1, -0.05) is 29.6 Å². The van der Waals surface area contributed by atoms with Crippen molar-refractivity contribution in [2.24, 2.45) is 0 Å². The Morgan fingerprint density at radius 2 is 2.16 bits per heavy atom. The van der Waals surface area contributed by atoms with Crippen LogP contribution in [0, 0.1) is 0 Å². The second kappa shape index (κ2) is 7.21. The van der Waals surface area contributed by atoms with E-state index in [2.05, 4.69) is 27.9 Å². The molecule has 0 spiro atoms. The summed E-state index contributed by atoms with van der Waals surface area (Å²) in [5.74, 6) is 0.923. The van der Waals surface area contributed by atoms with Crippen LogP contribution in [0.1, 0.15) is 36.8 Å². The lowest BCUT2D eigenvalue weighted by molar-refractivity contribution is 0.333. The molecule has 0 fully saturated rings. The van der Waals surface area contributed by atoms with Gasteiger partial charge in [0.15, 0.2) is 0 Å². The predicted octanol–water partition coefficient (Wildman–Crippen LogP) is 3.03. The van der Waals surface area contributed by atoms with Crippen LogP contribution in [0.5, 0.6) is 5.75 Å². The largest absolute Gasteiger partial charge is 0.494 e. The molecule has 0 radical (unpaired) electrons. The average molecular weight is 277 g/mol. The monoisotopic (exact) mass is 277 g/mol. The molecule has 4 nitrogen and oxygen atoms in total. The number of nitrogens with one attached hydrogen (secondary N) is 1. The zero-order valence-corrected chi connectivity index (χ0v) is 12.1. The molecule has 1 heterocycles. The van der Waals surface area contributed by atoms with E-state index in [1.54, 1.807) is 0 Å². The Balaban J connectivity index is 2.32. The van der Waals surface area contributed by atoms with E-state index in [1.165, 1.54) is 11.5 Å². The number of hydrogen-bond acceptors (Lipinski definition) is 5. The summed E-state index contributed by atoms with van der Waals surface area (Å²) >= 11 is 1.42. The van der Waals surface area contributed by atoms with Crippen LogP contribution >= 0.6 is 11.5 Å². The van der Waals surface area contributed by atoms with E-state index < -0.39 is 0 Å². The molecular weight excluding hydrogens is 258 g/mol. The maximum atomic E-state index is 5.72. The number of para-hydroxylation sites is 1. The van der Waals surface area contributed by atoms with Crippen molar-refractivity contribution in [3.63, 3.8) is 0 Å². The summed E-state index contributed by atoms with van der Waals surface area (Å²) in [4.78, 5) is 1.11. The number of hydrogen-bond donors (Lipinski definition) is 1. The highest BCUT2D eigenvalue weighted by atomic mass is 32.1. The molecule has 0 aliphatic heterocycles. The Morgan fingerprint density at radius 3 is 2.84 bits per heavy atom. The molecule has 0 saturated heterocycles. The number of aromatic nitrogens is 2. The fraction of sp³-hybridized carbons (Fsp3) is 0.429. The van der Waals surface area contributed by atoms with Crippen LogP contribution in [-0.4, -0.2) is 22.7 Å². The third-order valence-corrected chi connectivity index (χ3v) is 3.52. The molecule has 1 unspecified atom stereocenters. The van der Waals surface area contributed by atoms with Crippen molar-refractivity contribution in [3.05, 3.63) is 40.9 Å². The normalized spacial score (nSPS) is 12.3. The van der Waals surface area contributed by atoms with Gasteiger partial charge < -0.3 is 10.1 Å². The smallest absolute Gasteiger partial charge is 0.124 e. The molecule has 1 atom stereocenters. The lowest BCUT2D eigenvalue weighted by Gasteiger charge is -2.19. The van der Waals surface area contributed by atoms with E-state index in [1.807, 2.05) is 31.3 Å². The SMILES string of the molecule is CCCNC(c1cnns1)c1ccccc1OCC. The Bertz CT molecular complexity index is 487. The Morgan fingerprint density at radius 1 is 1.32 bits per heavy atom. The van der Waals surface area contributed by atoms with Crippen LogP contribution in [0.3, 0.4) is 0 Å². The van der Waals surface area contributed by atoms with Gasteiger partial charge in [0, 0.05) is 5.56 Å². The van der Waals surface area contributed by atoms with Crippen molar-refractivity contribution in [2.45, 2.75) is 26.3 Å². The molecule has 0 amide bonds. The molecule has 0 saturated carbocycles. The van der Waals surface area contributed by atoms with Crippen LogP contribution in [0.25, 0.3) is 0 Å². The van der Waals surface area contributed by atoms with Crippen molar-refractivity contribution < 1.29 is 4.74 Å². The minimum absolute atomic E-state index is 0.0997. The first-order valence-electron chi connectivity index (χ1n) is 6.59. The van der Waals surface area contributed by atoms with E-state index in [-0.39, 0.29) is 6.04 Å². The van der Waals surface area contributed by atoms with Gasteiger partial charge in [0.1, 0.15) is 5.75 Å². The number of nitrogens with zero attached hydrogens (tertiary/aromatic N) is 2. The van der Waals surface area contributed by atoms with Crippen molar-refractivity contribution in [1.29, 1.82) is 0 Å². The summed E-state index contributed by atoms with van der Waals surface area (Å²) in [7, 11) is 0. The summed E-state index contributed by atoms with van der Waals surface area (Å²) in [5, 5.41) is 7.48. The lowest BCUT2D eigenvalue weighted by atomic mass is 10.0. The summed E-state index contributed by atoms with van der Waals surface area (Å²) in [6.07, 6.45) is 2.90. The van der Waals surface area contributed by atoms with Gasteiger partial charge in [-0.3, -0.25) is 0 Å². The van der Waals surface area contributed by atoms with Crippen molar-refractivity contribution in [2.75, 3.05) is 13.2 Å². The first-order chi connectivity index (χ1) is 9.36. The Labute approximate surface area is 118 Å². The van der Waals surface area contributed by atoms with Crippen molar-refractivity contribution in [3.8, 4) is 5.75 Å². The second-order valence-corrected chi connectivity index (χ2v) is 5.00. The third kappa shape index (κ3) is 3.52. The lowest BCUT2D eigenvalue weighted by Crippen LogP contribution is -2.23. The molecular formula is C14H19N3OS. The van der Waals surface area contributed by atoms with Gasteiger partial charge >= 0.3 is 0 Å². The second-order valence-electron chi connectivity index (χ2n) is 4.18. The molecule has 1 aromatic heterocycles. The molecule has 2 aromatic rings. The van der Waals surface area contributed by atoms with Gasteiger partial charge in [-0.25, -0.2) is 0 Å². The highest BCUT2D eigenvalue weighted by molar-refractivity contribution is 7.05. The van der Waals surface area contributed by atoms with Gasteiger partial charge in [-0.15, -0.1) is 5.10 Å². The minimum atomic E-state index is 0.0997. The average Bonchev–Trinajstić information content (AvgIpc) is 2.95. The molecule has 5 heteroatoms. The van der Waals surface area contributed by atoms with E-state index in [4.69, 9.17) is 4.74 Å². The van der Waals surface area contributed by atoms with Gasteiger partial charge in [0.05, 0.1) is 23.7 Å². The van der Waals surface area contributed by atoms with Crippen molar-refractivity contribution in [1.82, 2.24) is 14.9 Å². The van der Waals surface area contributed by atoms with E-state index >= 15 is 0 Å². The highest BCUT2D eigenvalue weighted by Crippen LogP contribution is 2.31. The predicted molar refractivity (Wildman–Crippen MR) is 77.7 cm³/mol. The van der Waals surface area contributed by atoms with E-state index in [0.29, 0.717) is 6.61 Å². The fourth-order valence-electron chi connectivity index (χ4n) is 1.96. The first-order valence-corrected chi connectivity index (χ1v) is 7.36. The minimum Gasteiger partial charge on any atom is -0.494 e. The summed E-state index contributed by atoms with van der Waals surface area (Å²) in [5.41, 5.74) is 1.14. The summed E-state index contributed by atoms with van der Waals surface area (Å²) < 4.78 is 9.68. The number of ether oxygens (including phenoxy) is 1. The maximum Gasteiger partial charge on any atom is 0.124 e. The van der Waals surface area contributed by atoms with E-state index in [9.17, 15) is 0 Å². The van der Waals surface area contributed by atoms with Crippen LogP contribution in [0.2, 0.25) is 0 Å². The molecule has 0 aliphatic carbocycles. The zero-order chi connectivity index (χ0) is 13.5. The maximum absolute atomic E-state index is 5.72. The van der Waals surface area contributed by atoms with Gasteiger partial charge in [0.25, 0.3) is 0 Å². The van der Waals surface area contributed by atoms with Crippen molar-refractivity contribution >= 4 is 11.5 Å². The molecule has 19 heavy (non-hydrogen) atoms. The molecule has 2 rings (SSSR count). The van der Waals surface area contributed by atoms with Crippen LogP contribution in [-0.2, 0) is 0 Å². The molecule has 1 aromatic carbocycles. The standard InChI is InChI=1S/C14H19N3OS/c1-3-9-15-14(13-10-16-17-19-13)11-7-5-6-8-12(11)18-4-2/h5-8,10,14-15H,3-4,9H2,1-2H3. The Kier molecular flexibility index (Phi) is 5.30. The van der Waals surface area contributed by atoms with Gasteiger partial charge in [0.2, 0.25) is 0 Å². The van der Waals surface area contributed by atoms with Gasteiger partial charge in [-0.2, -0.15) is 0 Å². The first kappa shape index (κ1) is 14.0. The van der Waals surface area contributed by atoms with Crippen LogP contribution < -0.4 is 10.1 Å². The third-order valence-electron chi connectivity index (χ3n) is 2.79. The van der Waals surface area contributed by atoms with Crippen LogP contribution in [0.15, 0.2) is 30.5 Å². The van der Waals surface area contributed by atoms with E-state index in [0.717, 1.165) is 29.2 Å². The highest BCUT2D eigenvalue weighted by Gasteiger charge is 2.19.